The molecule has 2 atom stereocenters. The Morgan fingerprint density at radius 1 is 1.31 bits per heavy atom. The van der Waals surface area contributed by atoms with Gasteiger partial charge in [-0.15, -0.1) is 0 Å². The van der Waals surface area contributed by atoms with Crippen molar-refractivity contribution in [2.45, 2.75) is 19.0 Å². The zero-order chi connectivity index (χ0) is 12.7. The predicted octanol–water partition coefficient (Wildman–Crippen LogP) is -1.71. The molecule has 0 aromatic heterocycles. The number of aliphatic carboxylic acids is 1. The Morgan fingerprint density at radius 3 is 2.25 bits per heavy atom. The van der Waals surface area contributed by atoms with E-state index in [1.54, 1.807) is 0 Å². The van der Waals surface area contributed by atoms with Crippen LogP contribution in [0.4, 0.5) is 4.79 Å². The van der Waals surface area contributed by atoms with E-state index in [9.17, 15) is 14.4 Å². The van der Waals surface area contributed by atoms with Crippen molar-refractivity contribution in [1.82, 2.24) is 10.6 Å². The van der Waals surface area contributed by atoms with E-state index in [0.717, 1.165) is 7.11 Å². The number of carbonyl (C=O) groups excluding carboxylic acids is 2. The van der Waals surface area contributed by atoms with Gasteiger partial charge in [0.15, 0.2) is 6.04 Å². The number of hydrogen-bond donors (Lipinski definition) is 4. The third kappa shape index (κ3) is 4.60. The summed E-state index contributed by atoms with van der Waals surface area (Å²) in [6.07, 6.45) is 0. The second-order valence-electron chi connectivity index (χ2n) is 2.94. The minimum Gasteiger partial charge on any atom is -0.480 e. The van der Waals surface area contributed by atoms with Gasteiger partial charge < -0.3 is 25.6 Å². The first-order valence-corrected chi connectivity index (χ1v) is 4.40. The molecular formula is C8H14N2O6. The summed E-state index contributed by atoms with van der Waals surface area (Å²) in [7, 11) is 1.16. The van der Waals surface area contributed by atoms with Gasteiger partial charge in [0.2, 0.25) is 0 Å². The molecule has 0 aromatic rings. The first-order valence-electron chi connectivity index (χ1n) is 4.40. The minimum atomic E-state index is -1.41. The van der Waals surface area contributed by atoms with Crippen molar-refractivity contribution in [2.24, 2.45) is 0 Å². The molecule has 2 amide bonds. The Bertz CT molecular complexity index is 280. The van der Waals surface area contributed by atoms with Crippen molar-refractivity contribution in [3.05, 3.63) is 0 Å². The molecule has 0 aromatic carbocycles. The number of methoxy groups -OCH3 is 1. The van der Waals surface area contributed by atoms with Gasteiger partial charge in [-0.3, -0.25) is 0 Å². The maximum Gasteiger partial charge on any atom is 0.328 e. The molecule has 0 saturated carbocycles. The summed E-state index contributed by atoms with van der Waals surface area (Å²) in [6, 6.07) is -3.19. The number of carboxylic acids is 1. The van der Waals surface area contributed by atoms with Crippen LogP contribution in [0.5, 0.6) is 0 Å². The minimum absolute atomic E-state index is 0.661. The number of hydrogen-bond acceptors (Lipinski definition) is 5. The highest BCUT2D eigenvalue weighted by Crippen LogP contribution is 1.87. The van der Waals surface area contributed by atoms with E-state index < -0.39 is 36.7 Å². The summed E-state index contributed by atoms with van der Waals surface area (Å²) in [4.78, 5) is 32.5. The smallest absolute Gasteiger partial charge is 0.328 e. The summed E-state index contributed by atoms with van der Waals surface area (Å²) in [5.41, 5.74) is 0. The lowest BCUT2D eigenvalue weighted by atomic mass is 10.3. The highest BCUT2D eigenvalue weighted by Gasteiger charge is 2.21. The van der Waals surface area contributed by atoms with Gasteiger partial charge in [0.25, 0.3) is 0 Å². The molecule has 0 saturated heterocycles. The zero-order valence-corrected chi connectivity index (χ0v) is 8.89. The number of aliphatic hydroxyl groups excluding tert-OH is 1. The Labute approximate surface area is 91.6 Å². The van der Waals surface area contributed by atoms with Crippen molar-refractivity contribution in [3.63, 3.8) is 0 Å². The Balaban J connectivity index is 4.17. The van der Waals surface area contributed by atoms with Crippen LogP contribution in [0.15, 0.2) is 0 Å². The summed E-state index contributed by atoms with van der Waals surface area (Å²) >= 11 is 0. The van der Waals surface area contributed by atoms with E-state index >= 15 is 0 Å². The highest BCUT2D eigenvalue weighted by molar-refractivity contribution is 5.86. The van der Waals surface area contributed by atoms with Crippen LogP contribution < -0.4 is 10.6 Å². The van der Waals surface area contributed by atoms with Crippen molar-refractivity contribution in [3.8, 4) is 0 Å². The lowest BCUT2D eigenvalue weighted by Gasteiger charge is -2.15. The number of aliphatic hydroxyl groups is 1. The summed E-state index contributed by atoms with van der Waals surface area (Å²) in [5.74, 6) is -2.03. The molecule has 4 N–H and O–H groups in total. The molecule has 0 aliphatic rings. The van der Waals surface area contributed by atoms with Crippen molar-refractivity contribution in [1.29, 1.82) is 0 Å². The number of amides is 2. The summed E-state index contributed by atoms with van der Waals surface area (Å²) in [5, 5.41) is 21.3. The van der Waals surface area contributed by atoms with Crippen LogP contribution >= 0.6 is 0 Å². The molecule has 0 spiro atoms. The number of carboxylic acid groups (broad SMARTS) is 1. The third-order valence-corrected chi connectivity index (χ3v) is 1.69. The second kappa shape index (κ2) is 6.62. The molecule has 0 rings (SSSR count). The van der Waals surface area contributed by atoms with Crippen LogP contribution in [0.1, 0.15) is 6.92 Å². The topological polar surface area (TPSA) is 125 Å². The molecule has 1 unspecified atom stereocenters. The molecule has 8 heteroatoms. The molecule has 8 nitrogen and oxygen atoms in total. The van der Waals surface area contributed by atoms with Crippen molar-refractivity contribution >= 4 is 18.0 Å². The van der Waals surface area contributed by atoms with Crippen LogP contribution in [0.3, 0.4) is 0 Å². The molecule has 0 bridgehead atoms. The van der Waals surface area contributed by atoms with E-state index in [2.05, 4.69) is 10.1 Å². The van der Waals surface area contributed by atoms with Gasteiger partial charge in [0.1, 0.15) is 6.04 Å². The molecule has 92 valence electrons. The fraction of sp³-hybridized carbons (Fsp3) is 0.625. The standard InChI is InChI=1S/C8H14N2O6/c1-4(7(14)16-2)9-8(15)10-5(3-11)6(12)13/h4-5,11H,3H2,1-2H3,(H,12,13)(H2,9,10,15)/t4?,5-/m0/s1. The number of rotatable bonds is 5. The zero-order valence-electron chi connectivity index (χ0n) is 8.89. The Kier molecular flexibility index (Phi) is 5.86. The Morgan fingerprint density at radius 2 is 1.88 bits per heavy atom. The largest absolute Gasteiger partial charge is 0.480 e. The molecule has 0 heterocycles. The average Bonchev–Trinajstić information content (AvgIpc) is 2.23. The lowest BCUT2D eigenvalue weighted by molar-refractivity contribution is -0.142. The van der Waals surface area contributed by atoms with Gasteiger partial charge in [-0.1, -0.05) is 0 Å². The second-order valence-corrected chi connectivity index (χ2v) is 2.94. The number of urea groups is 1. The number of carbonyl (C=O) groups is 3. The quantitative estimate of drug-likeness (QED) is 0.420. The van der Waals surface area contributed by atoms with E-state index in [4.69, 9.17) is 10.2 Å². The van der Waals surface area contributed by atoms with Gasteiger partial charge >= 0.3 is 18.0 Å². The lowest BCUT2D eigenvalue weighted by Crippen LogP contribution is -2.51. The Hall–Kier alpha value is -1.83. The van der Waals surface area contributed by atoms with Gasteiger partial charge in [-0.2, -0.15) is 0 Å². The van der Waals surface area contributed by atoms with Crippen LogP contribution in [-0.4, -0.2) is 54.0 Å². The van der Waals surface area contributed by atoms with E-state index in [1.807, 2.05) is 5.32 Å². The SMILES string of the molecule is COC(=O)C(C)NC(=O)N[C@@H](CO)C(=O)O. The maximum atomic E-state index is 11.1. The first kappa shape index (κ1) is 14.2. The van der Waals surface area contributed by atoms with Gasteiger partial charge in [0, 0.05) is 0 Å². The van der Waals surface area contributed by atoms with Gasteiger partial charge in [-0.05, 0) is 6.92 Å². The fourth-order valence-electron chi connectivity index (χ4n) is 0.818. The molecule has 16 heavy (non-hydrogen) atoms. The number of ether oxygens (including phenoxy) is 1. The molecule has 0 aliphatic carbocycles. The molecule has 0 radical (unpaired) electrons. The monoisotopic (exact) mass is 234 g/mol. The fourth-order valence-corrected chi connectivity index (χ4v) is 0.818. The van der Waals surface area contributed by atoms with Crippen LogP contribution in [-0.2, 0) is 14.3 Å². The molecule has 0 aliphatic heterocycles. The van der Waals surface area contributed by atoms with Crippen LogP contribution in [0, 0.1) is 0 Å². The number of esters is 1. The van der Waals surface area contributed by atoms with Crippen molar-refractivity contribution in [2.75, 3.05) is 13.7 Å². The van der Waals surface area contributed by atoms with Gasteiger partial charge in [-0.25, -0.2) is 14.4 Å². The molecular weight excluding hydrogens is 220 g/mol. The number of nitrogens with one attached hydrogen (secondary N) is 2. The van der Waals surface area contributed by atoms with E-state index in [-0.39, 0.29) is 0 Å². The third-order valence-electron chi connectivity index (χ3n) is 1.69. The van der Waals surface area contributed by atoms with Gasteiger partial charge in [0.05, 0.1) is 13.7 Å². The maximum absolute atomic E-state index is 11.1. The predicted molar refractivity (Wildman–Crippen MR) is 51.7 cm³/mol. The first-order chi connectivity index (χ1) is 7.42. The normalized spacial score (nSPS) is 13.4. The van der Waals surface area contributed by atoms with Crippen molar-refractivity contribution < 1.29 is 29.3 Å². The van der Waals surface area contributed by atoms with Crippen LogP contribution in [0.2, 0.25) is 0 Å². The van der Waals surface area contributed by atoms with E-state index in [1.165, 1.54) is 6.92 Å². The average molecular weight is 234 g/mol. The van der Waals surface area contributed by atoms with E-state index in [0.29, 0.717) is 0 Å². The summed E-state index contributed by atoms with van der Waals surface area (Å²) < 4.78 is 4.34. The summed E-state index contributed by atoms with van der Waals surface area (Å²) in [6.45, 7) is 0.634. The molecule has 0 fully saturated rings. The highest BCUT2D eigenvalue weighted by atomic mass is 16.5. The van der Waals surface area contributed by atoms with Crippen LogP contribution in [0.25, 0.3) is 0 Å².